The number of aromatic nitrogens is 4. The van der Waals surface area contributed by atoms with E-state index in [1.54, 1.807) is 23.1 Å². The number of methoxy groups -OCH3 is 2. The summed E-state index contributed by atoms with van der Waals surface area (Å²) < 4.78 is 11.7. The van der Waals surface area contributed by atoms with Gasteiger partial charge in [-0.2, -0.15) is 5.10 Å². The Morgan fingerprint density at radius 1 is 1.15 bits per heavy atom. The second-order valence-electron chi connectivity index (χ2n) is 5.92. The van der Waals surface area contributed by atoms with Crippen LogP contribution in [0.15, 0.2) is 42.7 Å². The molecular weight excluding hydrogens is 368 g/mol. The number of carbonyl (C=O) groups excluding carboxylic acids is 1. The Balaban J connectivity index is 1.80. The summed E-state index contributed by atoms with van der Waals surface area (Å²) >= 11 is 6.04. The number of benzene rings is 1. The van der Waals surface area contributed by atoms with E-state index in [-0.39, 0.29) is 5.69 Å². The van der Waals surface area contributed by atoms with Gasteiger partial charge in [0.1, 0.15) is 0 Å². The molecule has 4 aromatic rings. The van der Waals surface area contributed by atoms with Crippen molar-refractivity contribution in [2.75, 3.05) is 14.2 Å². The molecule has 8 heteroatoms. The third-order valence-corrected chi connectivity index (χ3v) is 4.45. The molecule has 27 heavy (non-hydrogen) atoms. The lowest BCUT2D eigenvalue weighted by Gasteiger charge is -2.06. The van der Waals surface area contributed by atoms with Crippen LogP contribution >= 0.6 is 11.6 Å². The molecule has 4 rings (SSSR count). The minimum atomic E-state index is -0.513. The number of hydrogen-bond acceptors (Lipinski definition) is 6. The van der Waals surface area contributed by atoms with Crippen molar-refractivity contribution in [2.24, 2.45) is 0 Å². The molecule has 3 aromatic heterocycles. The summed E-state index contributed by atoms with van der Waals surface area (Å²) in [6.45, 7) is 0.448. The molecule has 0 radical (unpaired) electrons. The maximum Gasteiger partial charge on any atom is 0.359 e. The Morgan fingerprint density at radius 3 is 2.78 bits per heavy atom. The number of carbonyl (C=O) groups is 1. The second kappa shape index (κ2) is 6.85. The van der Waals surface area contributed by atoms with E-state index in [1.807, 2.05) is 24.3 Å². The summed E-state index contributed by atoms with van der Waals surface area (Å²) in [5.41, 5.74) is 2.78. The fourth-order valence-corrected chi connectivity index (χ4v) is 3.12. The monoisotopic (exact) mass is 382 g/mol. The predicted molar refractivity (Wildman–Crippen MR) is 101 cm³/mol. The van der Waals surface area contributed by atoms with E-state index in [0.29, 0.717) is 28.4 Å². The Labute approximate surface area is 159 Å². The summed E-state index contributed by atoms with van der Waals surface area (Å²) in [5, 5.41) is 6.57. The van der Waals surface area contributed by atoms with Crippen LogP contribution in [0, 0.1) is 0 Å². The normalized spacial score (nSPS) is 11.1. The quantitative estimate of drug-likeness (QED) is 0.503. The molecule has 1 aromatic carbocycles. The number of fused-ring (bicyclic) bond motifs is 2. The smallest absolute Gasteiger partial charge is 0.359 e. The highest BCUT2D eigenvalue weighted by molar-refractivity contribution is 6.31. The van der Waals surface area contributed by atoms with E-state index >= 15 is 0 Å². The van der Waals surface area contributed by atoms with Gasteiger partial charge in [0.15, 0.2) is 5.69 Å². The van der Waals surface area contributed by atoms with Crippen molar-refractivity contribution in [1.29, 1.82) is 0 Å². The van der Waals surface area contributed by atoms with Crippen LogP contribution in [0.5, 0.6) is 5.88 Å². The highest BCUT2D eigenvalue weighted by Crippen LogP contribution is 2.24. The molecule has 0 aliphatic rings. The van der Waals surface area contributed by atoms with Crippen molar-refractivity contribution in [3.63, 3.8) is 0 Å². The van der Waals surface area contributed by atoms with Crippen LogP contribution in [-0.2, 0) is 11.3 Å². The van der Waals surface area contributed by atoms with Crippen molar-refractivity contribution >= 4 is 39.4 Å². The van der Waals surface area contributed by atoms with E-state index in [1.165, 1.54) is 14.2 Å². The highest BCUT2D eigenvalue weighted by atomic mass is 35.5. The third kappa shape index (κ3) is 3.17. The number of pyridine rings is 2. The van der Waals surface area contributed by atoms with Crippen molar-refractivity contribution in [3.8, 4) is 5.88 Å². The van der Waals surface area contributed by atoms with E-state index in [0.717, 1.165) is 16.5 Å². The molecule has 0 aliphatic heterocycles. The van der Waals surface area contributed by atoms with E-state index in [4.69, 9.17) is 21.1 Å². The summed E-state index contributed by atoms with van der Waals surface area (Å²) in [7, 11) is 2.84. The molecule has 0 spiro atoms. The maximum absolute atomic E-state index is 12.1. The maximum atomic E-state index is 12.1. The number of nitrogens with zero attached hydrogens (tertiary/aromatic N) is 4. The Morgan fingerprint density at radius 2 is 2.00 bits per heavy atom. The number of hydrogen-bond donors (Lipinski definition) is 0. The van der Waals surface area contributed by atoms with Gasteiger partial charge in [-0.05, 0) is 23.8 Å². The van der Waals surface area contributed by atoms with Crippen LogP contribution in [0.1, 0.15) is 16.1 Å². The molecule has 0 saturated heterocycles. The van der Waals surface area contributed by atoms with Crippen LogP contribution in [0.25, 0.3) is 21.8 Å². The van der Waals surface area contributed by atoms with Gasteiger partial charge >= 0.3 is 5.97 Å². The number of esters is 1. The molecule has 136 valence electrons. The molecular formula is C19H15ClN4O3. The van der Waals surface area contributed by atoms with Gasteiger partial charge in [-0.25, -0.2) is 9.78 Å². The molecule has 0 N–H and O–H groups in total. The fourth-order valence-electron chi connectivity index (χ4n) is 2.96. The molecule has 0 fully saturated rings. The zero-order valence-electron chi connectivity index (χ0n) is 14.6. The minimum absolute atomic E-state index is 0.221. The summed E-state index contributed by atoms with van der Waals surface area (Å²) in [6.07, 6.45) is 3.25. The Hall–Kier alpha value is -3.19. The summed E-state index contributed by atoms with van der Waals surface area (Å²) in [6, 6.07) is 9.42. The largest absolute Gasteiger partial charge is 0.481 e. The van der Waals surface area contributed by atoms with Gasteiger partial charge in [-0.3, -0.25) is 9.67 Å². The highest BCUT2D eigenvalue weighted by Gasteiger charge is 2.19. The molecule has 0 bridgehead atoms. The van der Waals surface area contributed by atoms with Crippen molar-refractivity contribution in [2.45, 2.75) is 6.54 Å². The second-order valence-corrected chi connectivity index (χ2v) is 6.36. The standard InChI is InChI=1S/C19H15ClN4O3/c1-26-17-7-14-16(9-22-17)24(23-18(14)19(25)27-2)10-11-3-4-15-12(5-11)6-13(20)8-21-15/h3-9H,10H2,1-2H3. The van der Waals surface area contributed by atoms with Crippen molar-refractivity contribution in [1.82, 2.24) is 19.7 Å². The zero-order valence-corrected chi connectivity index (χ0v) is 15.4. The average Bonchev–Trinajstić information content (AvgIpc) is 3.04. The molecule has 7 nitrogen and oxygen atoms in total. The van der Waals surface area contributed by atoms with Crippen LogP contribution in [0.3, 0.4) is 0 Å². The molecule has 0 unspecified atom stereocenters. The Bertz CT molecular complexity index is 1170. The fraction of sp³-hybridized carbons (Fsp3) is 0.158. The summed E-state index contributed by atoms with van der Waals surface area (Å²) in [4.78, 5) is 20.6. The summed E-state index contributed by atoms with van der Waals surface area (Å²) in [5.74, 6) is -0.111. The third-order valence-electron chi connectivity index (χ3n) is 4.24. The lowest BCUT2D eigenvalue weighted by molar-refractivity contribution is 0.0595. The zero-order chi connectivity index (χ0) is 19.0. The van der Waals surface area contributed by atoms with Crippen molar-refractivity contribution in [3.05, 3.63) is 59.0 Å². The molecule has 3 heterocycles. The predicted octanol–water partition coefficient (Wildman–Crippen LogP) is 3.48. The lowest BCUT2D eigenvalue weighted by atomic mass is 10.1. The first kappa shape index (κ1) is 17.2. The van der Waals surface area contributed by atoms with E-state index in [2.05, 4.69) is 15.1 Å². The Kier molecular flexibility index (Phi) is 4.37. The number of rotatable bonds is 4. The first-order valence-electron chi connectivity index (χ1n) is 8.12. The minimum Gasteiger partial charge on any atom is -0.481 e. The molecule has 0 saturated carbocycles. The van der Waals surface area contributed by atoms with Crippen LogP contribution in [0.2, 0.25) is 5.02 Å². The lowest BCUT2D eigenvalue weighted by Crippen LogP contribution is -2.06. The number of halogens is 1. The first-order chi connectivity index (χ1) is 13.1. The number of ether oxygens (including phenoxy) is 2. The van der Waals surface area contributed by atoms with Gasteiger partial charge in [-0.15, -0.1) is 0 Å². The van der Waals surface area contributed by atoms with Gasteiger partial charge in [0.2, 0.25) is 5.88 Å². The van der Waals surface area contributed by atoms with Gasteiger partial charge in [-0.1, -0.05) is 17.7 Å². The topological polar surface area (TPSA) is 79.1 Å². The van der Waals surface area contributed by atoms with E-state index < -0.39 is 5.97 Å². The van der Waals surface area contributed by atoms with Crippen LogP contribution in [0.4, 0.5) is 0 Å². The van der Waals surface area contributed by atoms with Gasteiger partial charge in [0, 0.05) is 23.0 Å². The van der Waals surface area contributed by atoms with Crippen LogP contribution < -0.4 is 4.74 Å². The van der Waals surface area contributed by atoms with Gasteiger partial charge < -0.3 is 9.47 Å². The molecule has 0 atom stereocenters. The van der Waals surface area contributed by atoms with Crippen LogP contribution in [-0.4, -0.2) is 39.9 Å². The van der Waals surface area contributed by atoms with Gasteiger partial charge in [0.05, 0.1) is 43.0 Å². The van der Waals surface area contributed by atoms with E-state index in [9.17, 15) is 4.79 Å². The first-order valence-corrected chi connectivity index (χ1v) is 8.50. The average molecular weight is 383 g/mol. The van der Waals surface area contributed by atoms with Crippen molar-refractivity contribution < 1.29 is 14.3 Å². The SMILES string of the molecule is COC(=O)c1nn(Cc2ccc3ncc(Cl)cc3c2)c2cnc(OC)cc12. The molecule has 0 amide bonds. The molecule has 0 aliphatic carbocycles. The van der Waals surface area contributed by atoms with Gasteiger partial charge in [0.25, 0.3) is 0 Å².